The normalized spacial score (nSPS) is 39.1. The monoisotopic (exact) mass is 382 g/mol. The highest BCUT2D eigenvalue weighted by Gasteiger charge is 2.79. The van der Waals surface area contributed by atoms with Gasteiger partial charge in [0.1, 0.15) is 29.0 Å². The molecule has 0 N–H and O–H groups in total. The number of allylic oxidation sites excluding steroid dienone is 1. The van der Waals surface area contributed by atoms with Gasteiger partial charge in [0.15, 0.2) is 0 Å². The molecule has 1 spiro atoms. The van der Waals surface area contributed by atoms with Gasteiger partial charge in [0.05, 0.1) is 11.0 Å². The van der Waals surface area contributed by atoms with Gasteiger partial charge in [0.2, 0.25) is 0 Å². The molecule has 2 aliphatic heterocycles. The third-order valence-electron chi connectivity index (χ3n) is 7.67. The van der Waals surface area contributed by atoms with E-state index in [2.05, 4.69) is 20.8 Å². The Bertz CT molecular complexity index is 931. The van der Waals surface area contributed by atoms with Crippen molar-refractivity contribution in [3.8, 4) is 11.5 Å². The molecule has 2 fully saturated rings. The Morgan fingerprint density at radius 2 is 2.04 bits per heavy atom. The van der Waals surface area contributed by atoms with Crippen molar-refractivity contribution in [3.05, 3.63) is 35.4 Å². The van der Waals surface area contributed by atoms with E-state index in [1.165, 1.54) is 6.92 Å². The van der Waals surface area contributed by atoms with Crippen LogP contribution in [0.15, 0.2) is 29.8 Å². The first-order chi connectivity index (χ1) is 13.2. The zero-order chi connectivity index (χ0) is 19.9. The predicted octanol–water partition coefficient (Wildman–Crippen LogP) is 4.08. The maximum Gasteiger partial charge on any atom is 0.308 e. The molecule has 0 amide bonds. The van der Waals surface area contributed by atoms with E-state index < -0.39 is 5.60 Å². The highest BCUT2D eigenvalue weighted by atomic mass is 16.6. The summed E-state index contributed by atoms with van der Waals surface area (Å²) in [4.78, 5) is 23.2. The number of hydrogen-bond acceptors (Lipinski definition) is 5. The molecule has 4 aliphatic rings. The van der Waals surface area contributed by atoms with Crippen LogP contribution in [0, 0.1) is 11.3 Å². The van der Waals surface area contributed by atoms with Crippen molar-refractivity contribution in [1.82, 2.24) is 0 Å². The summed E-state index contributed by atoms with van der Waals surface area (Å²) in [6.07, 6.45) is 6.55. The topological polar surface area (TPSA) is 61.8 Å². The summed E-state index contributed by atoms with van der Waals surface area (Å²) in [5.74, 6) is 1.17. The maximum absolute atomic E-state index is 11.7. The summed E-state index contributed by atoms with van der Waals surface area (Å²) in [7, 11) is 0. The second-order valence-electron chi connectivity index (χ2n) is 9.43. The summed E-state index contributed by atoms with van der Waals surface area (Å²) in [5.41, 5.74) is -0.105. The molecule has 1 saturated heterocycles. The molecule has 5 heteroatoms. The summed E-state index contributed by atoms with van der Waals surface area (Å²) < 4.78 is 18.9. The summed E-state index contributed by atoms with van der Waals surface area (Å²) in [5, 5.41) is 0. The third kappa shape index (κ3) is 1.91. The predicted molar refractivity (Wildman–Crippen MR) is 102 cm³/mol. The first-order valence-corrected chi connectivity index (χ1v) is 10.1. The van der Waals surface area contributed by atoms with Gasteiger partial charge in [0, 0.05) is 18.4 Å². The van der Waals surface area contributed by atoms with Crippen molar-refractivity contribution in [2.45, 2.75) is 70.2 Å². The fourth-order valence-corrected chi connectivity index (χ4v) is 6.85. The minimum atomic E-state index is -0.759. The van der Waals surface area contributed by atoms with Crippen LogP contribution in [0.5, 0.6) is 11.5 Å². The number of esters is 1. The Labute approximate surface area is 165 Å². The van der Waals surface area contributed by atoms with Gasteiger partial charge in [-0.25, -0.2) is 0 Å². The molecule has 5 nitrogen and oxygen atoms in total. The van der Waals surface area contributed by atoms with Gasteiger partial charge in [-0.15, -0.1) is 0 Å². The van der Waals surface area contributed by atoms with Crippen LogP contribution in [0.2, 0.25) is 0 Å². The van der Waals surface area contributed by atoms with E-state index in [9.17, 15) is 9.59 Å². The second kappa shape index (κ2) is 5.26. The molecule has 148 valence electrons. The first-order valence-electron chi connectivity index (χ1n) is 10.1. The van der Waals surface area contributed by atoms with Gasteiger partial charge in [-0.3, -0.25) is 9.59 Å². The molecule has 0 unspecified atom stereocenters. The van der Waals surface area contributed by atoms with Crippen molar-refractivity contribution < 1.29 is 23.8 Å². The molecule has 1 aromatic rings. The Kier molecular flexibility index (Phi) is 3.37. The molecule has 2 aliphatic carbocycles. The number of aldehydes is 1. The number of rotatable bonds is 2. The average Bonchev–Trinajstić information content (AvgIpc) is 3.04. The van der Waals surface area contributed by atoms with Crippen LogP contribution in [0.1, 0.15) is 58.9 Å². The molecule has 5 rings (SSSR count). The molecular weight excluding hydrogens is 356 g/mol. The van der Waals surface area contributed by atoms with Crippen molar-refractivity contribution in [3.63, 3.8) is 0 Å². The van der Waals surface area contributed by atoms with Crippen LogP contribution in [-0.2, 0) is 19.9 Å². The molecule has 2 heterocycles. The van der Waals surface area contributed by atoms with E-state index >= 15 is 0 Å². The van der Waals surface area contributed by atoms with Crippen molar-refractivity contribution in [1.29, 1.82) is 0 Å². The summed E-state index contributed by atoms with van der Waals surface area (Å²) >= 11 is 0. The van der Waals surface area contributed by atoms with Crippen LogP contribution in [0.3, 0.4) is 0 Å². The first kappa shape index (κ1) is 17.9. The molecule has 0 aromatic heterocycles. The second-order valence-corrected chi connectivity index (χ2v) is 9.43. The Balaban J connectivity index is 1.83. The molecule has 1 saturated carbocycles. The highest BCUT2D eigenvalue weighted by molar-refractivity contribution is 5.75. The van der Waals surface area contributed by atoms with E-state index in [-0.39, 0.29) is 22.6 Å². The summed E-state index contributed by atoms with van der Waals surface area (Å²) in [6.45, 7) is 7.90. The number of hydrogen-bond donors (Lipinski definition) is 0. The quantitative estimate of drug-likeness (QED) is 0.438. The molecule has 0 bridgehead atoms. The molecule has 4 atom stereocenters. The van der Waals surface area contributed by atoms with Gasteiger partial charge in [-0.2, -0.15) is 0 Å². The minimum absolute atomic E-state index is 0.252. The van der Waals surface area contributed by atoms with Crippen molar-refractivity contribution in [2.24, 2.45) is 11.3 Å². The van der Waals surface area contributed by atoms with Gasteiger partial charge >= 0.3 is 5.97 Å². The van der Waals surface area contributed by atoms with E-state index in [0.717, 1.165) is 48.9 Å². The third-order valence-corrected chi connectivity index (χ3v) is 7.67. The van der Waals surface area contributed by atoms with Gasteiger partial charge in [0.25, 0.3) is 0 Å². The zero-order valence-electron chi connectivity index (χ0n) is 16.8. The lowest BCUT2D eigenvalue weighted by Gasteiger charge is -2.57. The molecular formula is C23H26O5. The van der Waals surface area contributed by atoms with Crippen LogP contribution < -0.4 is 9.47 Å². The molecule has 0 radical (unpaired) electrons. The lowest BCUT2D eigenvalue weighted by molar-refractivity contribution is -0.169. The van der Waals surface area contributed by atoms with Crippen LogP contribution >= 0.6 is 0 Å². The minimum Gasteiger partial charge on any atom is -0.486 e. The fourth-order valence-electron chi connectivity index (χ4n) is 6.85. The van der Waals surface area contributed by atoms with Gasteiger partial charge in [-0.1, -0.05) is 0 Å². The average molecular weight is 382 g/mol. The van der Waals surface area contributed by atoms with Gasteiger partial charge < -0.3 is 14.2 Å². The summed E-state index contributed by atoms with van der Waals surface area (Å²) in [6, 6.07) is 5.48. The number of benzene rings is 1. The van der Waals surface area contributed by atoms with E-state index in [4.69, 9.17) is 14.2 Å². The van der Waals surface area contributed by atoms with E-state index in [0.29, 0.717) is 11.7 Å². The van der Waals surface area contributed by atoms with Gasteiger partial charge in [-0.05, 0) is 76.3 Å². The van der Waals surface area contributed by atoms with Crippen LogP contribution in [0.25, 0.3) is 0 Å². The number of carbonyl (C=O) groups is 2. The highest BCUT2D eigenvalue weighted by Crippen LogP contribution is 2.77. The number of carbonyl (C=O) groups excluding carboxylic acids is 2. The number of ether oxygens (including phenoxy) is 3. The lowest BCUT2D eigenvalue weighted by Crippen LogP contribution is -2.62. The standard InChI is InChI=1S/C23H26O5/c1-14(25)26-16-5-6-18-17(11-16)23-12-15(13-24)7-10-22(23)19(20(2,3)28-23)8-9-21(22,4)27-18/h5-6,11-13,19H,7-10H2,1-4H3/t19-,21-,22+,23-/m1/s1. The number of fused-ring (bicyclic) bond motifs is 1. The molecule has 1 aromatic carbocycles. The SMILES string of the molecule is CC(=O)Oc1ccc2c(c1)[C@]13C=C(C=O)CC[C@@]14[C@H](CC[C@@]4(C)O2)C(C)(C)O3. The van der Waals surface area contributed by atoms with Crippen LogP contribution in [-0.4, -0.2) is 23.5 Å². The fraction of sp³-hybridized carbons (Fsp3) is 0.565. The Morgan fingerprint density at radius 1 is 1.25 bits per heavy atom. The molecule has 28 heavy (non-hydrogen) atoms. The van der Waals surface area contributed by atoms with E-state index in [1.54, 1.807) is 6.07 Å². The lowest BCUT2D eigenvalue weighted by atomic mass is 9.51. The smallest absolute Gasteiger partial charge is 0.308 e. The Hall–Kier alpha value is -2.14. The van der Waals surface area contributed by atoms with Crippen molar-refractivity contribution in [2.75, 3.05) is 0 Å². The zero-order valence-corrected chi connectivity index (χ0v) is 16.8. The Morgan fingerprint density at radius 3 is 2.75 bits per heavy atom. The maximum atomic E-state index is 11.7. The van der Waals surface area contributed by atoms with Crippen LogP contribution in [0.4, 0.5) is 0 Å². The van der Waals surface area contributed by atoms with Crippen molar-refractivity contribution >= 4 is 12.3 Å². The largest absolute Gasteiger partial charge is 0.486 e. The van der Waals surface area contributed by atoms with E-state index in [1.807, 2.05) is 18.2 Å².